The molecule has 0 saturated heterocycles. The zero-order valence-corrected chi connectivity index (χ0v) is 39.8. The minimum absolute atomic E-state index is 1.32. The van der Waals surface area contributed by atoms with Crippen LogP contribution < -0.4 is 10.4 Å². The third kappa shape index (κ3) is 5.41. The number of benzene rings is 8. The number of hydrogen-bond donors (Lipinski definition) is 0. The molecule has 12 rings (SSSR count). The van der Waals surface area contributed by atoms with E-state index in [1.54, 1.807) is 10.4 Å². The maximum atomic E-state index is 2.47. The molecule has 0 bridgehead atoms. The summed E-state index contributed by atoms with van der Waals surface area (Å²) < 4.78 is 11.2. The van der Waals surface area contributed by atoms with Gasteiger partial charge in [0.1, 0.15) is 0 Å². The van der Waals surface area contributed by atoms with Crippen molar-refractivity contribution in [1.29, 1.82) is 0 Å². The van der Waals surface area contributed by atoms with Crippen molar-refractivity contribution in [3.63, 3.8) is 0 Å². The second kappa shape index (κ2) is 13.3. The molecule has 0 spiro atoms. The zero-order chi connectivity index (χ0) is 40.7. The Bertz CT molecular complexity index is 3500. The molecule has 0 atom stereocenters. The number of thiophene rings is 4. The maximum absolute atomic E-state index is 2.47. The molecule has 0 fully saturated rings. The molecule has 0 aliphatic carbocycles. The summed E-state index contributed by atoms with van der Waals surface area (Å²) in [5.74, 6) is 0. The highest BCUT2D eigenvalue weighted by atomic mass is 32.1. The number of rotatable bonds is 5. The van der Waals surface area contributed by atoms with E-state index in [9.17, 15) is 0 Å². The van der Waals surface area contributed by atoms with E-state index in [1.807, 2.05) is 45.3 Å². The minimum Gasteiger partial charge on any atom is -0.135 e. The first-order chi connectivity index (χ1) is 29.0. The van der Waals surface area contributed by atoms with E-state index in [4.69, 9.17) is 0 Å². The Kier molecular flexibility index (Phi) is 8.17. The molecule has 0 aliphatic rings. The van der Waals surface area contributed by atoms with Crippen LogP contribution in [0.2, 0.25) is 39.3 Å². The lowest BCUT2D eigenvalue weighted by Crippen LogP contribution is -2.37. The third-order valence-corrected chi connectivity index (χ3v) is 22.2. The molecule has 4 heterocycles. The van der Waals surface area contributed by atoms with E-state index in [2.05, 4.69) is 185 Å². The van der Waals surface area contributed by atoms with Crippen LogP contribution in [0.25, 0.3) is 114 Å². The van der Waals surface area contributed by atoms with Gasteiger partial charge in [0.15, 0.2) is 0 Å². The van der Waals surface area contributed by atoms with Crippen LogP contribution in [0.1, 0.15) is 0 Å². The van der Waals surface area contributed by atoms with Gasteiger partial charge in [0.25, 0.3) is 0 Å². The smallest absolute Gasteiger partial charge is 0.0794 e. The van der Waals surface area contributed by atoms with Crippen molar-refractivity contribution in [2.75, 3.05) is 0 Å². The Hall–Kier alpha value is -4.93. The van der Waals surface area contributed by atoms with Crippen molar-refractivity contribution in [2.45, 2.75) is 39.3 Å². The quantitative estimate of drug-likeness (QED) is 0.151. The predicted molar refractivity (Wildman–Crippen MR) is 280 cm³/mol. The summed E-state index contributed by atoms with van der Waals surface area (Å²) in [6, 6.07) is 55.7. The van der Waals surface area contributed by atoms with Gasteiger partial charge in [0.2, 0.25) is 0 Å². The Morgan fingerprint density at radius 3 is 0.633 bits per heavy atom. The molecule has 12 aromatic rings. The van der Waals surface area contributed by atoms with Crippen molar-refractivity contribution in [2.24, 2.45) is 0 Å². The second-order valence-corrected chi connectivity index (χ2v) is 32.5. The zero-order valence-electron chi connectivity index (χ0n) is 34.5. The Morgan fingerprint density at radius 1 is 0.233 bits per heavy atom. The molecule has 290 valence electrons. The monoisotopic (exact) mass is 874 g/mol. The van der Waals surface area contributed by atoms with Crippen LogP contribution in [-0.4, -0.2) is 16.1 Å². The van der Waals surface area contributed by atoms with E-state index in [0.29, 0.717) is 0 Å². The van der Waals surface area contributed by atoms with Crippen LogP contribution in [0.3, 0.4) is 0 Å². The summed E-state index contributed by atoms with van der Waals surface area (Å²) in [5.41, 5.74) is 8.01. The summed E-state index contributed by atoms with van der Waals surface area (Å²) in [6.45, 7) is 14.8. The van der Waals surface area contributed by atoms with Gasteiger partial charge in [-0.05, 0) is 10.4 Å². The minimum atomic E-state index is -1.52. The van der Waals surface area contributed by atoms with Gasteiger partial charge in [-0.25, -0.2) is 0 Å². The van der Waals surface area contributed by atoms with E-state index >= 15 is 0 Å². The topological polar surface area (TPSA) is 0 Å². The van der Waals surface area contributed by atoms with Crippen LogP contribution in [0.5, 0.6) is 0 Å². The Balaban J connectivity index is 1.05. The summed E-state index contributed by atoms with van der Waals surface area (Å²) in [5, 5.41) is 14.0. The van der Waals surface area contributed by atoms with Crippen LogP contribution in [-0.2, 0) is 0 Å². The first-order valence-corrected chi connectivity index (χ1v) is 31.1. The molecule has 0 nitrogen and oxygen atoms in total. The molecule has 8 aromatic carbocycles. The summed E-state index contributed by atoms with van der Waals surface area (Å²) in [7, 11) is -3.05. The van der Waals surface area contributed by atoms with Crippen molar-refractivity contribution >= 4 is 153 Å². The SMILES string of the molecule is C[Si](C)(C)c1cccc2c1sc1c(-c3cccc4c3sc3c(-c5cccc6c5sc5c(-c7cccc8c7sc7c([Si](C)(C)C)cccc78)cccc56)cccc34)cccc12. The summed E-state index contributed by atoms with van der Waals surface area (Å²) >= 11 is 7.94. The van der Waals surface area contributed by atoms with E-state index in [0.717, 1.165) is 0 Å². The highest BCUT2D eigenvalue weighted by molar-refractivity contribution is 7.30. The normalized spacial score (nSPS) is 12.8. The highest BCUT2D eigenvalue weighted by Crippen LogP contribution is 2.51. The fourth-order valence-electron chi connectivity index (χ4n) is 9.73. The molecule has 0 saturated carbocycles. The van der Waals surface area contributed by atoms with Crippen molar-refractivity contribution in [1.82, 2.24) is 0 Å². The van der Waals surface area contributed by atoms with Gasteiger partial charge < -0.3 is 0 Å². The molecule has 0 radical (unpaired) electrons. The van der Waals surface area contributed by atoms with E-state index < -0.39 is 16.1 Å². The van der Waals surface area contributed by atoms with E-state index in [-0.39, 0.29) is 0 Å². The first-order valence-electron chi connectivity index (χ1n) is 20.8. The molecule has 0 N–H and O–H groups in total. The molecule has 4 aromatic heterocycles. The maximum Gasteiger partial charge on any atom is 0.0794 e. The van der Waals surface area contributed by atoms with Gasteiger partial charge in [0.05, 0.1) is 16.1 Å². The van der Waals surface area contributed by atoms with Gasteiger partial charge in [-0.1, -0.05) is 185 Å². The molecule has 0 amide bonds. The largest absolute Gasteiger partial charge is 0.135 e. The fourth-order valence-corrected chi connectivity index (χ4v) is 19.9. The fraction of sp³-hybridized carbons (Fsp3) is 0.111. The van der Waals surface area contributed by atoms with Gasteiger partial charge in [-0.15, -0.1) is 45.3 Å². The second-order valence-electron chi connectivity index (χ2n) is 18.4. The number of fused-ring (bicyclic) bond motifs is 12. The van der Waals surface area contributed by atoms with Crippen molar-refractivity contribution < 1.29 is 0 Å². The lowest BCUT2D eigenvalue weighted by molar-refractivity contribution is 1.74. The van der Waals surface area contributed by atoms with Crippen LogP contribution in [0.4, 0.5) is 0 Å². The highest BCUT2D eigenvalue weighted by Gasteiger charge is 2.25. The lowest BCUT2D eigenvalue weighted by Gasteiger charge is -2.17. The summed E-state index contributed by atoms with van der Waals surface area (Å²) in [4.78, 5) is 0. The van der Waals surface area contributed by atoms with Gasteiger partial charge >= 0.3 is 0 Å². The van der Waals surface area contributed by atoms with Gasteiger partial charge in [-0.2, -0.15) is 0 Å². The van der Waals surface area contributed by atoms with Gasteiger partial charge in [-0.3, -0.25) is 0 Å². The summed E-state index contributed by atoms with van der Waals surface area (Å²) in [6.07, 6.45) is 0. The molecule has 0 aliphatic heterocycles. The predicted octanol–water partition coefficient (Wildman–Crippen LogP) is 17.2. The average molecular weight is 875 g/mol. The standard InChI is InChI=1S/C54H42S4Si2/c1-59(2,3)45-29-13-27-43-41-25-11-23-39(51(41)57-53(43)45)37-21-9-19-35-33-17-7-15-31(47(33)55-49(35)37)32-16-8-18-34-36-20-10-22-38(50(36)56-48(32)34)40-24-12-26-42-44-28-14-30-46(60(4,5)6)54(44)58-52(40)42/h7-30H,1-6H3. The van der Waals surface area contributed by atoms with Crippen molar-refractivity contribution in [3.8, 4) is 33.4 Å². The molecule has 0 unspecified atom stereocenters. The third-order valence-electron chi connectivity index (χ3n) is 12.6. The lowest BCUT2D eigenvalue weighted by atomic mass is 9.98. The van der Waals surface area contributed by atoms with Crippen LogP contribution in [0, 0.1) is 0 Å². The Morgan fingerprint density at radius 2 is 0.417 bits per heavy atom. The molecule has 60 heavy (non-hydrogen) atoms. The first kappa shape index (κ1) is 36.9. The van der Waals surface area contributed by atoms with Crippen molar-refractivity contribution in [3.05, 3.63) is 146 Å². The van der Waals surface area contributed by atoms with Gasteiger partial charge in [0, 0.05) is 114 Å². The number of hydrogen-bond acceptors (Lipinski definition) is 4. The molecular formula is C54H42S4Si2. The Labute approximate surface area is 368 Å². The molecular weight excluding hydrogens is 833 g/mol. The van der Waals surface area contributed by atoms with Crippen LogP contribution in [0.15, 0.2) is 146 Å². The van der Waals surface area contributed by atoms with Crippen LogP contribution >= 0.6 is 45.3 Å². The average Bonchev–Trinajstić information content (AvgIpc) is 4.02. The van der Waals surface area contributed by atoms with E-state index in [1.165, 1.54) is 114 Å². The molecule has 6 heteroatoms.